The van der Waals surface area contributed by atoms with E-state index in [4.69, 9.17) is 4.74 Å². The molecule has 26 heavy (non-hydrogen) atoms. The molecule has 1 aliphatic carbocycles. The Morgan fingerprint density at radius 1 is 1.23 bits per heavy atom. The summed E-state index contributed by atoms with van der Waals surface area (Å²) in [5.74, 6) is -0.396. The first kappa shape index (κ1) is 17.7. The first-order valence-electron chi connectivity index (χ1n) is 9.55. The van der Waals surface area contributed by atoms with Gasteiger partial charge in [-0.1, -0.05) is 0 Å². The fourth-order valence-electron chi connectivity index (χ4n) is 4.55. The predicted molar refractivity (Wildman–Crippen MR) is 93.8 cm³/mol. The number of likely N-dealkylation sites (tertiary alicyclic amines) is 2. The van der Waals surface area contributed by atoms with Crippen LogP contribution in [0.4, 0.5) is 8.78 Å². The Balaban J connectivity index is 1.48. The second kappa shape index (κ2) is 6.80. The van der Waals surface area contributed by atoms with Gasteiger partial charge in [-0.2, -0.15) is 0 Å². The summed E-state index contributed by atoms with van der Waals surface area (Å²) in [6.07, 6.45) is 5.20. The maximum absolute atomic E-state index is 14.3. The van der Waals surface area contributed by atoms with Crippen molar-refractivity contribution in [3.63, 3.8) is 0 Å². The Morgan fingerprint density at radius 3 is 2.77 bits per heavy atom. The van der Waals surface area contributed by atoms with Crippen molar-refractivity contribution in [2.24, 2.45) is 11.3 Å². The Labute approximate surface area is 153 Å². The van der Waals surface area contributed by atoms with Crippen molar-refractivity contribution in [1.29, 1.82) is 0 Å². The maximum atomic E-state index is 14.3. The molecule has 2 heterocycles. The van der Waals surface area contributed by atoms with Gasteiger partial charge in [0.05, 0.1) is 12.5 Å². The normalized spacial score (nSPS) is 26.7. The number of benzene rings is 1. The van der Waals surface area contributed by atoms with E-state index in [1.54, 1.807) is 0 Å². The molecule has 0 aromatic heterocycles. The molecule has 3 aliphatic rings. The molecule has 1 aromatic rings. The van der Waals surface area contributed by atoms with Crippen LogP contribution in [0.5, 0.6) is 5.75 Å². The van der Waals surface area contributed by atoms with E-state index in [1.165, 1.54) is 26.0 Å². The molecule has 1 amide bonds. The third-order valence-corrected chi connectivity index (χ3v) is 6.19. The van der Waals surface area contributed by atoms with Gasteiger partial charge in [-0.05, 0) is 56.7 Å². The van der Waals surface area contributed by atoms with Crippen LogP contribution in [0, 0.1) is 23.0 Å². The molecular weight excluding hydrogens is 338 g/mol. The zero-order valence-corrected chi connectivity index (χ0v) is 15.3. The minimum atomic E-state index is -0.862. The number of ether oxygens (including phenoxy) is 1. The monoisotopic (exact) mass is 364 g/mol. The van der Waals surface area contributed by atoms with Gasteiger partial charge in [-0.15, -0.1) is 0 Å². The third-order valence-electron chi connectivity index (χ3n) is 6.19. The zero-order chi connectivity index (χ0) is 18.3. The van der Waals surface area contributed by atoms with Gasteiger partial charge in [-0.3, -0.25) is 9.69 Å². The highest BCUT2D eigenvalue weighted by Crippen LogP contribution is 2.42. The van der Waals surface area contributed by atoms with Crippen molar-refractivity contribution in [2.45, 2.75) is 38.6 Å². The molecule has 6 heteroatoms. The van der Waals surface area contributed by atoms with Crippen LogP contribution in [0.3, 0.4) is 0 Å². The van der Waals surface area contributed by atoms with Crippen molar-refractivity contribution in [3.8, 4) is 5.75 Å². The Kier molecular flexibility index (Phi) is 4.63. The molecule has 1 unspecified atom stereocenters. The summed E-state index contributed by atoms with van der Waals surface area (Å²) in [6.45, 7) is 3.37. The molecule has 1 spiro atoms. The lowest BCUT2D eigenvalue weighted by Gasteiger charge is -2.39. The van der Waals surface area contributed by atoms with E-state index >= 15 is 0 Å². The second-order valence-electron chi connectivity index (χ2n) is 8.08. The Bertz CT molecular complexity index is 707. The summed E-state index contributed by atoms with van der Waals surface area (Å²) in [5, 5.41) is 0. The van der Waals surface area contributed by atoms with Gasteiger partial charge >= 0.3 is 0 Å². The van der Waals surface area contributed by atoms with E-state index in [1.807, 2.05) is 4.90 Å². The number of halogens is 2. The lowest BCUT2D eigenvalue weighted by atomic mass is 9.78. The van der Waals surface area contributed by atoms with Crippen LogP contribution in [-0.2, 0) is 11.3 Å². The standard InChI is InChI=1S/C20H26F2N2O2/c1-26-17-6-5-16(21)18(22)15(17)12-23-10-8-20(13-23)7-2-9-24(19(20)25)11-14-3-4-14/h5-6,14H,2-4,7-13H2,1H3. The van der Waals surface area contributed by atoms with Crippen molar-refractivity contribution in [3.05, 3.63) is 29.3 Å². The van der Waals surface area contributed by atoms with Gasteiger partial charge in [0.1, 0.15) is 5.75 Å². The number of rotatable bonds is 5. The fraction of sp³-hybridized carbons (Fsp3) is 0.650. The van der Waals surface area contributed by atoms with Crippen LogP contribution in [0.15, 0.2) is 12.1 Å². The first-order valence-corrected chi connectivity index (χ1v) is 9.55. The van der Waals surface area contributed by atoms with E-state index in [0.29, 0.717) is 18.2 Å². The summed E-state index contributed by atoms with van der Waals surface area (Å²) < 4.78 is 33.1. The first-order chi connectivity index (χ1) is 12.5. The minimum absolute atomic E-state index is 0.239. The van der Waals surface area contributed by atoms with E-state index < -0.39 is 11.6 Å². The molecule has 4 rings (SSSR count). The van der Waals surface area contributed by atoms with Crippen LogP contribution < -0.4 is 4.74 Å². The second-order valence-corrected chi connectivity index (χ2v) is 8.08. The topological polar surface area (TPSA) is 32.8 Å². The molecule has 2 saturated heterocycles. The van der Waals surface area contributed by atoms with Crippen LogP contribution in [0.25, 0.3) is 0 Å². The molecule has 142 valence electrons. The highest BCUT2D eigenvalue weighted by molar-refractivity contribution is 5.84. The van der Waals surface area contributed by atoms with Gasteiger partial charge in [-0.25, -0.2) is 8.78 Å². The summed E-state index contributed by atoms with van der Waals surface area (Å²) in [5.41, 5.74) is -0.105. The predicted octanol–water partition coefficient (Wildman–Crippen LogP) is 3.20. The third kappa shape index (κ3) is 3.20. The molecule has 1 atom stereocenters. The number of methoxy groups -OCH3 is 1. The molecule has 1 saturated carbocycles. The van der Waals surface area contributed by atoms with Gasteiger partial charge < -0.3 is 9.64 Å². The van der Waals surface area contributed by atoms with Crippen molar-refractivity contribution in [2.75, 3.05) is 33.3 Å². The number of amides is 1. The lowest BCUT2D eigenvalue weighted by Crippen LogP contribution is -2.50. The van der Waals surface area contributed by atoms with Crippen molar-refractivity contribution < 1.29 is 18.3 Å². The molecule has 1 aromatic carbocycles. The molecular formula is C20H26F2N2O2. The molecule has 4 nitrogen and oxygen atoms in total. The molecule has 0 N–H and O–H groups in total. The summed E-state index contributed by atoms with van der Waals surface area (Å²) in [6, 6.07) is 2.55. The summed E-state index contributed by atoms with van der Waals surface area (Å²) in [4.78, 5) is 17.2. The molecule has 0 bridgehead atoms. The highest BCUT2D eigenvalue weighted by atomic mass is 19.2. The minimum Gasteiger partial charge on any atom is -0.496 e. The van der Waals surface area contributed by atoms with E-state index in [2.05, 4.69) is 4.90 Å². The molecule has 2 aliphatic heterocycles. The SMILES string of the molecule is COc1ccc(F)c(F)c1CN1CCC2(CCCN(CC3CC3)C2=O)C1. The van der Waals surface area contributed by atoms with E-state index in [-0.39, 0.29) is 23.4 Å². The van der Waals surface area contributed by atoms with Crippen LogP contribution >= 0.6 is 0 Å². The van der Waals surface area contributed by atoms with E-state index in [9.17, 15) is 13.6 Å². The quantitative estimate of drug-likeness (QED) is 0.804. The average molecular weight is 364 g/mol. The van der Waals surface area contributed by atoms with E-state index in [0.717, 1.165) is 45.0 Å². The maximum Gasteiger partial charge on any atom is 0.230 e. The molecule has 3 fully saturated rings. The summed E-state index contributed by atoms with van der Waals surface area (Å²) >= 11 is 0. The van der Waals surface area contributed by atoms with Crippen LogP contribution in [0.1, 0.15) is 37.7 Å². The van der Waals surface area contributed by atoms with Crippen LogP contribution in [-0.4, -0.2) is 49.0 Å². The van der Waals surface area contributed by atoms with Crippen molar-refractivity contribution >= 4 is 5.91 Å². The summed E-state index contributed by atoms with van der Waals surface area (Å²) in [7, 11) is 1.46. The Morgan fingerprint density at radius 2 is 2.04 bits per heavy atom. The number of nitrogens with zero attached hydrogens (tertiary/aromatic N) is 2. The number of carbonyl (C=O) groups is 1. The molecule has 0 radical (unpaired) electrons. The number of carbonyl (C=O) groups excluding carboxylic acids is 1. The largest absolute Gasteiger partial charge is 0.496 e. The average Bonchev–Trinajstić information content (AvgIpc) is 3.36. The lowest BCUT2D eigenvalue weighted by molar-refractivity contribution is -0.145. The van der Waals surface area contributed by atoms with Crippen LogP contribution in [0.2, 0.25) is 0 Å². The zero-order valence-electron chi connectivity index (χ0n) is 15.3. The number of piperidine rings is 1. The van der Waals surface area contributed by atoms with Gasteiger partial charge in [0, 0.05) is 31.7 Å². The van der Waals surface area contributed by atoms with Gasteiger partial charge in [0.25, 0.3) is 0 Å². The number of hydrogen-bond acceptors (Lipinski definition) is 3. The van der Waals surface area contributed by atoms with Crippen molar-refractivity contribution in [1.82, 2.24) is 9.80 Å². The van der Waals surface area contributed by atoms with Gasteiger partial charge in [0.15, 0.2) is 11.6 Å². The van der Waals surface area contributed by atoms with Gasteiger partial charge in [0.2, 0.25) is 5.91 Å². The number of hydrogen-bond donors (Lipinski definition) is 0. The highest BCUT2D eigenvalue weighted by Gasteiger charge is 2.49. The smallest absolute Gasteiger partial charge is 0.230 e. The Hall–Kier alpha value is -1.69. The fourth-order valence-corrected chi connectivity index (χ4v) is 4.55.